The lowest BCUT2D eigenvalue weighted by Gasteiger charge is -2.48. The molecule has 3 fully saturated rings. The van der Waals surface area contributed by atoms with Crippen LogP contribution in [0.5, 0.6) is 11.5 Å². The van der Waals surface area contributed by atoms with Gasteiger partial charge in [0.15, 0.2) is 0 Å². The van der Waals surface area contributed by atoms with Crippen LogP contribution in [0, 0.1) is 11.7 Å². The predicted octanol–water partition coefficient (Wildman–Crippen LogP) is 3.83. The fraction of sp³-hybridized carbons (Fsp3) is 0.381. The molecule has 3 heterocycles. The zero-order valence-corrected chi connectivity index (χ0v) is 14.8. The monoisotopic (exact) mass is 354 g/mol. The Labute approximate surface area is 153 Å². The Morgan fingerprint density at radius 3 is 2.65 bits per heavy atom. The third-order valence-corrected chi connectivity index (χ3v) is 5.52. The Kier molecular flexibility index (Phi) is 4.64. The molecule has 0 saturated carbocycles. The molecule has 3 aliphatic rings. The van der Waals surface area contributed by atoms with Crippen molar-refractivity contribution in [1.29, 1.82) is 0 Å². The lowest BCUT2D eigenvalue weighted by Crippen LogP contribution is -2.60. The van der Waals surface area contributed by atoms with E-state index in [-0.39, 0.29) is 17.8 Å². The molecule has 3 saturated heterocycles. The van der Waals surface area contributed by atoms with Crippen molar-refractivity contribution in [2.45, 2.75) is 31.8 Å². The largest absolute Gasteiger partial charge is 0.457 e. The topological polar surface area (TPSA) is 41.6 Å². The number of ether oxygens (including phenoxy) is 1. The number of halogens is 1. The quantitative estimate of drug-likeness (QED) is 0.907. The third-order valence-electron chi connectivity index (χ3n) is 5.52. The number of piperidine rings is 3. The molecule has 26 heavy (non-hydrogen) atoms. The van der Waals surface area contributed by atoms with Gasteiger partial charge in [0.05, 0.1) is 0 Å². The highest BCUT2D eigenvalue weighted by Crippen LogP contribution is 2.32. The molecule has 3 aliphatic heterocycles. The number of hydrogen-bond donors (Lipinski definition) is 1. The summed E-state index contributed by atoms with van der Waals surface area (Å²) in [6.07, 6.45) is 2.32. The molecular formula is C21H23FN2O2. The molecular weight excluding hydrogens is 331 g/mol. The van der Waals surface area contributed by atoms with Crippen LogP contribution in [0.4, 0.5) is 4.39 Å². The SMILES string of the molecule is CC1CC2CCN1CC2NC(=O)c1ccc(Oc2cccc(F)c2)cc1. The van der Waals surface area contributed by atoms with Crippen LogP contribution in [-0.4, -0.2) is 36.0 Å². The first-order chi connectivity index (χ1) is 12.6. The summed E-state index contributed by atoms with van der Waals surface area (Å²) < 4.78 is 18.8. The van der Waals surface area contributed by atoms with Gasteiger partial charge in [0, 0.05) is 30.3 Å². The van der Waals surface area contributed by atoms with E-state index in [0.29, 0.717) is 29.0 Å². The van der Waals surface area contributed by atoms with Crippen LogP contribution in [0.15, 0.2) is 48.5 Å². The summed E-state index contributed by atoms with van der Waals surface area (Å²) in [6, 6.07) is 13.8. The number of fused-ring (bicyclic) bond motifs is 3. The zero-order valence-electron chi connectivity index (χ0n) is 14.8. The van der Waals surface area contributed by atoms with Crippen LogP contribution >= 0.6 is 0 Å². The number of hydrogen-bond acceptors (Lipinski definition) is 3. The van der Waals surface area contributed by atoms with Crippen LogP contribution in [0.3, 0.4) is 0 Å². The van der Waals surface area contributed by atoms with Gasteiger partial charge < -0.3 is 10.1 Å². The number of carbonyl (C=O) groups excluding carboxylic acids is 1. The van der Waals surface area contributed by atoms with E-state index < -0.39 is 0 Å². The summed E-state index contributed by atoms with van der Waals surface area (Å²) >= 11 is 0. The van der Waals surface area contributed by atoms with Crippen molar-refractivity contribution >= 4 is 5.91 Å². The highest BCUT2D eigenvalue weighted by molar-refractivity contribution is 5.94. The minimum Gasteiger partial charge on any atom is -0.457 e. The van der Waals surface area contributed by atoms with E-state index in [1.807, 2.05) is 0 Å². The van der Waals surface area contributed by atoms with Gasteiger partial charge in [0.1, 0.15) is 17.3 Å². The van der Waals surface area contributed by atoms with E-state index in [0.717, 1.165) is 25.9 Å². The zero-order chi connectivity index (χ0) is 18.1. The van der Waals surface area contributed by atoms with Crippen molar-refractivity contribution < 1.29 is 13.9 Å². The van der Waals surface area contributed by atoms with E-state index in [1.54, 1.807) is 36.4 Å². The Morgan fingerprint density at radius 2 is 2.00 bits per heavy atom. The lowest BCUT2D eigenvalue weighted by atomic mass is 9.80. The van der Waals surface area contributed by atoms with Gasteiger partial charge in [-0.25, -0.2) is 4.39 Å². The van der Waals surface area contributed by atoms with Crippen LogP contribution in [-0.2, 0) is 0 Å². The van der Waals surface area contributed by atoms with Crippen molar-refractivity contribution in [3.63, 3.8) is 0 Å². The fourth-order valence-corrected chi connectivity index (χ4v) is 4.05. The molecule has 2 aromatic carbocycles. The van der Waals surface area contributed by atoms with E-state index in [1.165, 1.54) is 12.1 Å². The maximum absolute atomic E-state index is 13.2. The number of amides is 1. The summed E-state index contributed by atoms with van der Waals surface area (Å²) in [5.74, 6) is 1.20. The van der Waals surface area contributed by atoms with Gasteiger partial charge in [-0.15, -0.1) is 0 Å². The Balaban J connectivity index is 1.38. The first kappa shape index (κ1) is 17.0. The molecule has 4 atom stereocenters. The standard InChI is InChI=1S/C21H23FN2O2/c1-14-11-16-9-10-24(14)13-20(16)23-21(25)15-5-7-18(8-6-15)26-19-4-2-3-17(22)12-19/h2-8,12,14,16,20H,9-11,13H2,1H3,(H,23,25). The highest BCUT2D eigenvalue weighted by atomic mass is 19.1. The molecule has 4 unspecified atom stereocenters. The maximum Gasteiger partial charge on any atom is 0.251 e. The second-order valence-electron chi connectivity index (χ2n) is 7.29. The fourth-order valence-electron chi connectivity index (χ4n) is 4.05. The molecule has 2 bridgehead atoms. The van der Waals surface area contributed by atoms with E-state index in [9.17, 15) is 9.18 Å². The van der Waals surface area contributed by atoms with E-state index >= 15 is 0 Å². The van der Waals surface area contributed by atoms with Crippen LogP contribution in [0.1, 0.15) is 30.1 Å². The molecule has 0 spiro atoms. The smallest absolute Gasteiger partial charge is 0.251 e. The summed E-state index contributed by atoms with van der Waals surface area (Å²) in [7, 11) is 0. The van der Waals surface area contributed by atoms with Crippen LogP contribution < -0.4 is 10.1 Å². The van der Waals surface area contributed by atoms with Crippen LogP contribution in [0.25, 0.3) is 0 Å². The predicted molar refractivity (Wildman–Crippen MR) is 97.9 cm³/mol. The van der Waals surface area contributed by atoms with Crippen molar-refractivity contribution in [3.05, 3.63) is 59.9 Å². The van der Waals surface area contributed by atoms with Gasteiger partial charge in [-0.1, -0.05) is 6.07 Å². The Bertz CT molecular complexity index is 793. The number of rotatable bonds is 4. The van der Waals surface area contributed by atoms with Crippen molar-refractivity contribution in [3.8, 4) is 11.5 Å². The van der Waals surface area contributed by atoms with E-state index in [2.05, 4.69) is 17.1 Å². The molecule has 1 N–H and O–H groups in total. The van der Waals surface area contributed by atoms with Crippen molar-refractivity contribution in [2.24, 2.45) is 5.92 Å². The molecule has 2 aromatic rings. The van der Waals surface area contributed by atoms with Gasteiger partial charge in [-0.05, 0) is 68.6 Å². The Morgan fingerprint density at radius 1 is 1.19 bits per heavy atom. The molecule has 4 nitrogen and oxygen atoms in total. The van der Waals surface area contributed by atoms with E-state index in [4.69, 9.17) is 4.74 Å². The molecule has 5 rings (SSSR count). The van der Waals surface area contributed by atoms with Gasteiger partial charge in [0.2, 0.25) is 0 Å². The number of nitrogens with one attached hydrogen (secondary N) is 1. The number of nitrogens with zero attached hydrogens (tertiary/aromatic N) is 1. The maximum atomic E-state index is 13.2. The highest BCUT2D eigenvalue weighted by Gasteiger charge is 2.38. The van der Waals surface area contributed by atoms with Crippen LogP contribution in [0.2, 0.25) is 0 Å². The second-order valence-corrected chi connectivity index (χ2v) is 7.29. The molecule has 5 heteroatoms. The van der Waals surface area contributed by atoms with Crippen molar-refractivity contribution in [1.82, 2.24) is 10.2 Å². The average Bonchev–Trinajstić information content (AvgIpc) is 2.63. The summed E-state index contributed by atoms with van der Waals surface area (Å²) in [4.78, 5) is 15.0. The molecule has 0 aliphatic carbocycles. The summed E-state index contributed by atoms with van der Waals surface area (Å²) in [5.41, 5.74) is 0.612. The van der Waals surface area contributed by atoms with Crippen molar-refractivity contribution in [2.75, 3.05) is 13.1 Å². The summed E-state index contributed by atoms with van der Waals surface area (Å²) in [6.45, 7) is 4.35. The first-order valence-corrected chi connectivity index (χ1v) is 9.17. The third kappa shape index (κ3) is 3.58. The molecule has 136 valence electrons. The molecule has 1 amide bonds. The number of benzene rings is 2. The molecule has 0 radical (unpaired) electrons. The second kappa shape index (κ2) is 7.08. The van der Waals surface area contributed by atoms with Gasteiger partial charge in [0.25, 0.3) is 5.91 Å². The normalized spacial score (nSPS) is 27.2. The van der Waals surface area contributed by atoms with Gasteiger partial charge in [-0.3, -0.25) is 9.69 Å². The first-order valence-electron chi connectivity index (χ1n) is 9.17. The minimum atomic E-state index is -0.342. The molecule has 0 aromatic heterocycles. The Hall–Kier alpha value is -2.40. The number of carbonyl (C=O) groups is 1. The minimum absolute atomic E-state index is 0.0475. The summed E-state index contributed by atoms with van der Waals surface area (Å²) in [5, 5.41) is 3.19. The average molecular weight is 354 g/mol. The lowest BCUT2D eigenvalue weighted by molar-refractivity contribution is 0.0274. The van der Waals surface area contributed by atoms with Gasteiger partial charge >= 0.3 is 0 Å². The van der Waals surface area contributed by atoms with Gasteiger partial charge in [-0.2, -0.15) is 0 Å².